The van der Waals surface area contributed by atoms with Gasteiger partial charge in [0.05, 0.1) is 5.09 Å². The summed E-state index contributed by atoms with van der Waals surface area (Å²) in [5.41, 5.74) is 12.1. The molecule has 0 atom stereocenters. The highest BCUT2D eigenvalue weighted by Crippen LogP contribution is 1.97. The molecule has 94 valence electrons. The molecule has 0 bridgehead atoms. The number of rotatable bonds is 1. The smallest absolute Gasteiger partial charge is 0.365 e. The lowest BCUT2D eigenvalue weighted by atomic mass is 10.9. The van der Waals surface area contributed by atoms with Crippen LogP contribution in [-0.2, 0) is 0 Å². The molecule has 0 spiro atoms. The highest BCUT2D eigenvalue weighted by molar-refractivity contribution is 5.76. The number of aromatic nitrogens is 3. The summed E-state index contributed by atoms with van der Waals surface area (Å²) in [6.45, 7) is 0. The van der Waals surface area contributed by atoms with E-state index >= 15 is 0 Å². The quantitative estimate of drug-likeness (QED) is 0.163. The number of hydrogen-bond donors (Lipinski definition) is 4. The van der Waals surface area contributed by atoms with Gasteiger partial charge in [-0.15, -0.1) is 0 Å². The molecule has 0 aliphatic rings. The van der Waals surface area contributed by atoms with Gasteiger partial charge in [-0.05, 0) is 0 Å². The molecule has 0 amide bonds. The van der Waals surface area contributed by atoms with Gasteiger partial charge in [0.1, 0.15) is 0 Å². The van der Waals surface area contributed by atoms with Crippen LogP contribution in [-0.4, -0.2) is 30.8 Å². The van der Waals surface area contributed by atoms with Gasteiger partial charge in [0, 0.05) is 5.43 Å². The lowest BCUT2D eigenvalue weighted by Crippen LogP contribution is -2.55. The van der Waals surface area contributed by atoms with Gasteiger partial charge in [-0.25, -0.2) is 10.1 Å². The third-order valence-corrected chi connectivity index (χ3v) is 1.08. The van der Waals surface area contributed by atoms with Crippen LogP contribution in [0.5, 0.6) is 0 Å². The Kier molecular flexibility index (Phi) is 4.58. The van der Waals surface area contributed by atoms with Gasteiger partial charge >= 0.3 is 5.96 Å². The van der Waals surface area contributed by atoms with Gasteiger partial charge < -0.3 is 26.8 Å². The van der Waals surface area contributed by atoms with E-state index in [-0.39, 0.29) is 17.9 Å². The molecule has 14 nitrogen and oxygen atoms in total. The van der Waals surface area contributed by atoms with Crippen molar-refractivity contribution in [3.05, 3.63) is 25.4 Å². The molecule has 7 N–H and O–H groups in total. The van der Waals surface area contributed by atoms with Crippen molar-refractivity contribution in [2.24, 2.45) is 0 Å². The first-order valence-electron chi connectivity index (χ1n) is 3.57. The highest BCUT2D eigenvalue weighted by atomic mass is 16.9. The number of anilines is 2. The second kappa shape index (κ2) is 5.63. The van der Waals surface area contributed by atoms with Crippen molar-refractivity contribution in [1.82, 2.24) is 20.2 Å². The Hall–Kier alpha value is -3.19. The standard InChI is InChI=1S/C3H6N8O2.NO3/c4-1-7-2(5)10(8-1)3(6)9-11(12)13;2-1(3)4/h(H2,6,9)(H4,4,5,7,8);/q;-1/p+1. The predicted octanol–water partition coefficient (Wildman–Crippen LogP) is -4.05. The van der Waals surface area contributed by atoms with Crippen LogP contribution >= 0.6 is 0 Å². The molecule has 1 aromatic rings. The van der Waals surface area contributed by atoms with Crippen LogP contribution < -0.4 is 22.3 Å². The van der Waals surface area contributed by atoms with Crippen molar-refractivity contribution in [2.75, 3.05) is 11.5 Å². The Morgan fingerprint density at radius 3 is 2.12 bits per heavy atom. The molecular weight excluding hydrogens is 242 g/mol. The fraction of sp³-hybridized carbons (Fsp3) is 0. The molecule has 0 unspecified atom stereocenters. The van der Waals surface area contributed by atoms with Crippen LogP contribution in [0.2, 0.25) is 0 Å². The molecule has 0 saturated heterocycles. The number of hydrazine groups is 1. The molecule has 0 aromatic carbocycles. The van der Waals surface area contributed by atoms with E-state index in [9.17, 15) is 10.1 Å². The summed E-state index contributed by atoms with van der Waals surface area (Å²) in [7, 11) is 0. The molecule has 1 aromatic heterocycles. The molecule has 0 aliphatic heterocycles. The van der Waals surface area contributed by atoms with E-state index in [0.29, 0.717) is 0 Å². The molecular formula is C3H7N9O5. The Morgan fingerprint density at radius 1 is 1.35 bits per heavy atom. The van der Waals surface area contributed by atoms with Crippen LogP contribution in [0.3, 0.4) is 0 Å². The Balaban J connectivity index is 0.000000557. The average Bonchev–Trinajstić information content (AvgIpc) is 2.42. The first-order chi connectivity index (χ1) is 7.73. The zero-order valence-corrected chi connectivity index (χ0v) is 8.01. The maximum atomic E-state index is 9.96. The normalized spacial score (nSPS) is 8.71. The van der Waals surface area contributed by atoms with Crippen LogP contribution in [0.1, 0.15) is 0 Å². The zero-order chi connectivity index (χ0) is 13.6. The van der Waals surface area contributed by atoms with Crippen LogP contribution in [0.15, 0.2) is 0 Å². The van der Waals surface area contributed by atoms with Crippen molar-refractivity contribution in [2.45, 2.75) is 0 Å². The summed E-state index contributed by atoms with van der Waals surface area (Å²) in [6.07, 6.45) is 0. The van der Waals surface area contributed by atoms with Crippen LogP contribution in [0, 0.1) is 25.4 Å². The molecule has 0 saturated carbocycles. The molecule has 0 aliphatic carbocycles. The monoisotopic (exact) mass is 249 g/mol. The number of hydrogen-bond acceptors (Lipinski definition) is 9. The lowest BCUT2D eigenvalue weighted by molar-refractivity contribution is -0.530. The zero-order valence-electron chi connectivity index (χ0n) is 8.01. The summed E-state index contributed by atoms with van der Waals surface area (Å²) >= 11 is 0. The topological polar surface area (TPSA) is 230 Å². The fourth-order valence-electron chi connectivity index (χ4n) is 0.659. The Bertz CT molecular complexity index is 434. The van der Waals surface area contributed by atoms with E-state index in [1.807, 2.05) is 0 Å². The first kappa shape index (κ1) is 13.8. The number of nitrogens with one attached hydrogen (secondary N) is 1. The van der Waals surface area contributed by atoms with Crippen molar-refractivity contribution >= 4 is 17.9 Å². The Morgan fingerprint density at radius 2 is 1.82 bits per heavy atom. The average molecular weight is 249 g/mol. The maximum absolute atomic E-state index is 9.96. The number of nitrogens with zero attached hydrogens (tertiary/aromatic N) is 5. The van der Waals surface area contributed by atoms with Gasteiger partial charge in [0.25, 0.3) is 11.9 Å². The van der Waals surface area contributed by atoms with Gasteiger partial charge in [0.15, 0.2) is 0 Å². The van der Waals surface area contributed by atoms with Crippen LogP contribution in [0.4, 0.5) is 11.9 Å². The summed E-state index contributed by atoms with van der Waals surface area (Å²) in [6, 6.07) is 0. The molecule has 1 heterocycles. The predicted molar refractivity (Wildman–Crippen MR) is 51.7 cm³/mol. The minimum absolute atomic E-state index is 0.120. The first-order valence-corrected chi connectivity index (χ1v) is 3.57. The van der Waals surface area contributed by atoms with E-state index in [1.54, 1.807) is 5.43 Å². The van der Waals surface area contributed by atoms with E-state index in [4.69, 9.17) is 32.2 Å². The van der Waals surface area contributed by atoms with E-state index in [1.165, 1.54) is 0 Å². The van der Waals surface area contributed by atoms with Gasteiger partial charge in [-0.3, -0.25) is 5.41 Å². The highest BCUT2D eigenvalue weighted by Gasteiger charge is 2.20. The molecule has 17 heavy (non-hydrogen) atoms. The lowest BCUT2D eigenvalue weighted by Gasteiger charge is -1.90. The van der Waals surface area contributed by atoms with Crippen LogP contribution in [0.25, 0.3) is 0 Å². The molecule has 0 radical (unpaired) electrons. The van der Waals surface area contributed by atoms with Crippen molar-refractivity contribution in [1.29, 1.82) is 0 Å². The van der Waals surface area contributed by atoms with Crippen molar-refractivity contribution < 1.29 is 15.5 Å². The van der Waals surface area contributed by atoms with Gasteiger partial charge in [0.2, 0.25) is 5.03 Å². The molecule has 0 fully saturated rings. The van der Waals surface area contributed by atoms with E-state index < -0.39 is 10.1 Å². The SMILES string of the molecule is Nc1nc(N)n(C(=[NH2+])N[N+](=O)[O-])n1.O=[N+]([O-])[O-]. The van der Waals surface area contributed by atoms with E-state index in [2.05, 4.69) is 10.1 Å². The molecule has 14 heteroatoms. The van der Waals surface area contributed by atoms with E-state index in [0.717, 1.165) is 4.68 Å². The summed E-state index contributed by atoms with van der Waals surface area (Å²) < 4.78 is 0.818. The summed E-state index contributed by atoms with van der Waals surface area (Å²) in [4.78, 5) is 21.7. The molecule has 1 rings (SSSR count). The maximum Gasteiger partial charge on any atom is 0.437 e. The van der Waals surface area contributed by atoms with Crippen molar-refractivity contribution in [3.8, 4) is 0 Å². The minimum Gasteiger partial charge on any atom is -0.365 e. The third-order valence-electron chi connectivity index (χ3n) is 1.08. The number of nitrogen functional groups attached to an aromatic ring is 2. The largest absolute Gasteiger partial charge is 0.437 e. The fourth-order valence-corrected chi connectivity index (χ4v) is 0.659. The minimum atomic E-state index is -1.75. The van der Waals surface area contributed by atoms with Crippen molar-refractivity contribution in [3.63, 3.8) is 0 Å². The van der Waals surface area contributed by atoms with Gasteiger partial charge in [-0.1, -0.05) is 9.78 Å². The Labute approximate surface area is 91.6 Å². The number of nitro groups is 1. The second-order valence-corrected chi connectivity index (χ2v) is 2.22. The number of nitrogens with two attached hydrogens (primary N) is 3. The van der Waals surface area contributed by atoms with Gasteiger partial charge in [-0.2, -0.15) is 4.98 Å². The summed E-state index contributed by atoms with van der Waals surface area (Å²) in [5, 5.41) is 32.5. The second-order valence-electron chi connectivity index (χ2n) is 2.22. The third kappa shape index (κ3) is 5.30. The summed E-state index contributed by atoms with van der Waals surface area (Å²) in [5.74, 6) is -0.637.